The lowest BCUT2D eigenvalue weighted by Crippen LogP contribution is -2.16. The van der Waals surface area contributed by atoms with Gasteiger partial charge in [0, 0.05) is 25.4 Å². The third-order valence-corrected chi connectivity index (χ3v) is 4.10. The van der Waals surface area contributed by atoms with Gasteiger partial charge in [-0.1, -0.05) is 6.07 Å². The lowest BCUT2D eigenvalue weighted by Gasteiger charge is -2.04. The fourth-order valence-electron chi connectivity index (χ4n) is 2.80. The van der Waals surface area contributed by atoms with E-state index in [4.69, 9.17) is 4.98 Å². The van der Waals surface area contributed by atoms with Crippen LogP contribution in [0.5, 0.6) is 0 Å². The minimum atomic E-state index is -0.131. The highest BCUT2D eigenvalue weighted by Gasteiger charge is 2.28. The lowest BCUT2D eigenvalue weighted by molar-refractivity contribution is -0.115. The predicted molar refractivity (Wildman–Crippen MR) is 87.1 cm³/mol. The fourth-order valence-corrected chi connectivity index (χ4v) is 2.80. The largest absolute Gasteiger partial charge is 0.331 e. The summed E-state index contributed by atoms with van der Waals surface area (Å²) >= 11 is 0. The molecule has 0 saturated heterocycles. The van der Waals surface area contributed by atoms with Crippen LogP contribution < -0.4 is 5.32 Å². The molecule has 23 heavy (non-hydrogen) atoms. The van der Waals surface area contributed by atoms with Crippen molar-refractivity contribution in [3.8, 4) is 0 Å². The molecule has 1 fully saturated rings. The number of imidazole rings is 1. The van der Waals surface area contributed by atoms with Gasteiger partial charge in [0.25, 0.3) is 0 Å². The number of nitrogens with zero attached hydrogens (tertiary/aromatic N) is 4. The quantitative estimate of drug-likeness (QED) is 0.803. The molecule has 3 aromatic rings. The van der Waals surface area contributed by atoms with E-state index in [0.29, 0.717) is 11.9 Å². The zero-order valence-electron chi connectivity index (χ0n) is 12.9. The molecule has 1 aliphatic carbocycles. The van der Waals surface area contributed by atoms with Crippen LogP contribution in [-0.4, -0.2) is 25.4 Å². The van der Waals surface area contributed by atoms with Gasteiger partial charge in [-0.2, -0.15) is 0 Å². The second kappa shape index (κ2) is 5.46. The van der Waals surface area contributed by atoms with Crippen LogP contribution in [0.4, 0.5) is 5.95 Å². The number of hydrogen-bond acceptors (Lipinski definition) is 4. The number of rotatable bonds is 4. The molecule has 0 atom stereocenters. The summed E-state index contributed by atoms with van der Waals surface area (Å²) in [6.45, 7) is 0. The number of carbonyl (C=O) groups is 1. The number of anilines is 1. The summed E-state index contributed by atoms with van der Waals surface area (Å²) in [5, 5.41) is 2.70. The van der Waals surface area contributed by atoms with Gasteiger partial charge in [-0.15, -0.1) is 0 Å². The zero-order valence-corrected chi connectivity index (χ0v) is 12.9. The first-order valence-electron chi connectivity index (χ1n) is 7.73. The van der Waals surface area contributed by atoms with Crippen LogP contribution in [0, 0.1) is 0 Å². The summed E-state index contributed by atoms with van der Waals surface area (Å²) in [7, 11) is 2.06. The molecule has 0 unspecified atom stereocenters. The van der Waals surface area contributed by atoms with E-state index in [2.05, 4.69) is 26.9 Å². The average molecular weight is 307 g/mol. The van der Waals surface area contributed by atoms with Crippen molar-refractivity contribution in [2.75, 3.05) is 5.32 Å². The number of hydrogen-bond donors (Lipinski definition) is 1. The molecule has 2 heterocycles. The number of carbonyl (C=O) groups excluding carboxylic acids is 1. The monoisotopic (exact) mass is 307 g/mol. The van der Waals surface area contributed by atoms with Crippen molar-refractivity contribution in [3.05, 3.63) is 48.0 Å². The van der Waals surface area contributed by atoms with E-state index in [9.17, 15) is 4.79 Å². The molecule has 1 amide bonds. The SMILES string of the molecule is Cn1c(C2CC2)nc2cc(CC(=O)Nc3ncccn3)ccc21. The Morgan fingerprint density at radius 3 is 2.83 bits per heavy atom. The van der Waals surface area contributed by atoms with E-state index in [1.165, 1.54) is 12.8 Å². The fraction of sp³-hybridized carbons (Fsp3) is 0.294. The number of aromatic nitrogens is 4. The number of aryl methyl sites for hydroxylation is 1. The molecule has 116 valence electrons. The topological polar surface area (TPSA) is 72.7 Å². The van der Waals surface area contributed by atoms with Crippen LogP contribution in [-0.2, 0) is 18.3 Å². The second-order valence-corrected chi connectivity index (χ2v) is 5.92. The summed E-state index contributed by atoms with van der Waals surface area (Å²) in [5.41, 5.74) is 3.00. The molecule has 1 aromatic carbocycles. The molecular weight excluding hydrogens is 290 g/mol. The van der Waals surface area contributed by atoms with Crippen molar-refractivity contribution in [3.63, 3.8) is 0 Å². The van der Waals surface area contributed by atoms with E-state index in [0.717, 1.165) is 22.4 Å². The van der Waals surface area contributed by atoms with Gasteiger partial charge in [-0.3, -0.25) is 10.1 Å². The molecule has 6 nitrogen and oxygen atoms in total. The standard InChI is InChI=1S/C17H17N5O/c1-22-14-6-3-11(9-13(14)20-16(22)12-4-5-12)10-15(23)21-17-18-7-2-8-19-17/h2-3,6-9,12H,4-5,10H2,1H3,(H,18,19,21,23). The molecule has 0 aliphatic heterocycles. The third-order valence-electron chi connectivity index (χ3n) is 4.10. The zero-order chi connectivity index (χ0) is 15.8. The van der Waals surface area contributed by atoms with Crippen LogP contribution >= 0.6 is 0 Å². The number of fused-ring (bicyclic) bond motifs is 1. The molecule has 1 N–H and O–H groups in total. The third kappa shape index (κ3) is 2.79. The van der Waals surface area contributed by atoms with Crippen molar-refractivity contribution >= 4 is 22.9 Å². The van der Waals surface area contributed by atoms with Gasteiger partial charge in [0.15, 0.2) is 0 Å². The number of benzene rings is 1. The van der Waals surface area contributed by atoms with Crippen LogP contribution in [0.25, 0.3) is 11.0 Å². The summed E-state index contributed by atoms with van der Waals surface area (Å²) < 4.78 is 2.16. The van der Waals surface area contributed by atoms with Crippen LogP contribution in [0.1, 0.15) is 30.1 Å². The maximum atomic E-state index is 12.1. The van der Waals surface area contributed by atoms with E-state index < -0.39 is 0 Å². The summed E-state index contributed by atoms with van der Waals surface area (Å²) in [5.74, 6) is 1.95. The van der Waals surface area contributed by atoms with Crippen LogP contribution in [0.15, 0.2) is 36.7 Å². The molecule has 1 saturated carbocycles. The highest BCUT2D eigenvalue weighted by molar-refractivity contribution is 5.91. The first kappa shape index (κ1) is 13.9. The average Bonchev–Trinajstić information content (AvgIpc) is 3.33. The Balaban J connectivity index is 1.53. The van der Waals surface area contributed by atoms with Gasteiger partial charge < -0.3 is 4.57 Å². The molecule has 0 bridgehead atoms. The Labute approximate surface area is 133 Å². The minimum absolute atomic E-state index is 0.131. The van der Waals surface area contributed by atoms with Crippen molar-refractivity contribution in [1.29, 1.82) is 0 Å². The molecule has 2 aromatic heterocycles. The molecule has 1 aliphatic rings. The Kier molecular flexibility index (Phi) is 3.29. The number of nitrogens with one attached hydrogen (secondary N) is 1. The van der Waals surface area contributed by atoms with E-state index in [1.807, 2.05) is 18.2 Å². The molecule has 0 radical (unpaired) electrons. The Hall–Kier alpha value is -2.76. The normalized spacial score (nSPS) is 14.1. The van der Waals surface area contributed by atoms with Crippen LogP contribution in [0.2, 0.25) is 0 Å². The predicted octanol–water partition coefficient (Wildman–Crippen LogP) is 2.42. The lowest BCUT2D eigenvalue weighted by atomic mass is 10.1. The molecule has 6 heteroatoms. The highest BCUT2D eigenvalue weighted by atomic mass is 16.1. The Bertz CT molecular complexity index is 867. The van der Waals surface area contributed by atoms with Crippen LogP contribution in [0.3, 0.4) is 0 Å². The van der Waals surface area contributed by atoms with E-state index in [1.54, 1.807) is 18.5 Å². The van der Waals surface area contributed by atoms with Gasteiger partial charge in [-0.25, -0.2) is 15.0 Å². The van der Waals surface area contributed by atoms with Gasteiger partial charge in [-0.05, 0) is 36.6 Å². The van der Waals surface area contributed by atoms with Crippen molar-refractivity contribution < 1.29 is 4.79 Å². The summed E-state index contributed by atoms with van der Waals surface area (Å²) in [4.78, 5) is 24.8. The smallest absolute Gasteiger partial charge is 0.231 e. The maximum Gasteiger partial charge on any atom is 0.231 e. The number of amides is 1. The first-order chi connectivity index (χ1) is 11.2. The Morgan fingerprint density at radius 2 is 2.09 bits per heavy atom. The van der Waals surface area contributed by atoms with E-state index >= 15 is 0 Å². The summed E-state index contributed by atoms with van der Waals surface area (Å²) in [6, 6.07) is 7.72. The maximum absolute atomic E-state index is 12.1. The van der Waals surface area contributed by atoms with Crippen molar-refractivity contribution in [2.24, 2.45) is 7.05 Å². The molecular formula is C17H17N5O. The highest BCUT2D eigenvalue weighted by Crippen LogP contribution is 2.40. The van der Waals surface area contributed by atoms with Gasteiger partial charge in [0.05, 0.1) is 17.5 Å². The summed E-state index contributed by atoms with van der Waals surface area (Å²) in [6.07, 6.45) is 5.93. The first-order valence-corrected chi connectivity index (χ1v) is 7.73. The van der Waals surface area contributed by atoms with Gasteiger partial charge >= 0.3 is 0 Å². The Morgan fingerprint density at radius 1 is 1.30 bits per heavy atom. The molecule has 0 spiro atoms. The molecule has 4 rings (SSSR count). The minimum Gasteiger partial charge on any atom is -0.331 e. The van der Waals surface area contributed by atoms with E-state index in [-0.39, 0.29) is 12.3 Å². The van der Waals surface area contributed by atoms with Crippen molar-refractivity contribution in [1.82, 2.24) is 19.5 Å². The van der Waals surface area contributed by atoms with Crippen molar-refractivity contribution in [2.45, 2.75) is 25.2 Å². The van der Waals surface area contributed by atoms with Gasteiger partial charge in [0.2, 0.25) is 11.9 Å². The second-order valence-electron chi connectivity index (χ2n) is 5.92. The van der Waals surface area contributed by atoms with Gasteiger partial charge in [0.1, 0.15) is 5.82 Å².